The summed E-state index contributed by atoms with van der Waals surface area (Å²) in [6.07, 6.45) is 1.92. The minimum absolute atomic E-state index is 0.0520. The van der Waals surface area contributed by atoms with Crippen LogP contribution in [0, 0.1) is 0 Å². The molecule has 1 radical (unpaired) electrons. The largest absolute Gasteiger partial charge is 0.348 e. The van der Waals surface area contributed by atoms with Gasteiger partial charge in [0.1, 0.15) is 0 Å². The molecule has 17 heavy (non-hydrogen) atoms. The van der Waals surface area contributed by atoms with E-state index in [1.165, 1.54) is 0 Å². The van der Waals surface area contributed by atoms with Crippen molar-refractivity contribution < 1.29 is 9.59 Å². The zero-order valence-electron chi connectivity index (χ0n) is 9.27. The molecule has 0 aliphatic carbocycles. The maximum absolute atomic E-state index is 11.5. The van der Waals surface area contributed by atoms with Gasteiger partial charge in [-0.2, -0.15) is 0 Å². The topological polar surface area (TPSA) is 46.2 Å². The van der Waals surface area contributed by atoms with Crippen LogP contribution in [0.2, 0.25) is 0 Å². The van der Waals surface area contributed by atoms with E-state index in [1.54, 1.807) is 6.29 Å². The number of fused-ring (bicyclic) bond motifs is 1. The van der Waals surface area contributed by atoms with E-state index >= 15 is 0 Å². The Balaban J connectivity index is 2.23. The first kappa shape index (κ1) is 11.3. The Morgan fingerprint density at radius 2 is 1.88 bits per heavy atom. The van der Waals surface area contributed by atoms with Gasteiger partial charge < -0.3 is 5.32 Å². The Labute approximate surface area is 99.4 Å². The molecule has 0 fully saturated rings. The average molecular weight is 226 g/mol. The van der Waals surface area contributed by atoms with Crippen LogP contribution in [0.4, 0.5) is 0 Å². The lowest BCUT2D eigenvalue weighted by Gasteiger charge is -2.06. The van der Waals surface area contributed by atoms with Crippen molar-refractivity contribution in [3.05, 3.63) is 48.0 Å². The lowest BCUT2D eigenvalue weighted by Crippen LogP contribution is -2.26. The Morgan fingerprint density at radius 3 is 2.71 bits per heavy atom. The molecular formula is C14H12NO2. The van der Waals surface area contributed by atoms with Crippen molar-refractivity contribution >= 4 is 23.0 Å². The fourth-order valence-corrected chi connectivity index (χ4v) is 1.82. The molecule has 2 aromatic rings. The molecule has 2 rings (SSSR count). The lowest BCUT2D eigenvalue weighted by atomic mass is 10.0. The van der Waals surface area contributed by atoms with Gasteiger partial charge in [-0.1, -0.05) is 42.5 Å². The molecule has 0 aliphatic rings. The highest BCUT2D eigenvalue weighted by Crippen LogP contribution is 2.18. The van der Waals surface area contributed by atoms with Crippen LogP contribution < -0.4 is 5.32 Å². The number of rotatable bonds is 4. The van der Waals surface area contributed by atoms with Crippen molar-refractivity contribution in [2.45, 2.75) is 6.42 Å². The van der Waals surface area contributed by atoms with Crippen LogP contribution in [0.25, 0.3) is 10.8 Å². The van der Waals surface area contributed by atoms with E-state index in [2.05, 4.69) is 5.32 Å². The fourth-order valence-electron chi connectivity index (χ4n) is 1.82. The van der Waals surface area contributed by atoms with Crippen molar-refractivity contribution in [1.29, 1.82) is 0 Å². The second kappa shape index (κ2) is 5.25. The molecule has 0 unspecified atom stereocenters. The molecule has 0 spiro atoms. The smallest absolute Gasteiger partial charge is 0.224 e. The van der Waals surface area contributed by atoms with Gasteiger partial charge in [0.2, 0.25) is 12.2 Å². The quantitative estimate of drug-likeness (QED) is 0.860. The Kier molecular flexibility index (Phi) is 3.50. The molecule has 1 amide bonds. The summed E-state index contributed by atoms with van der Waals surface area (Å²) in [7, 11) is 0. The summed E-state index contributed by atoms with van der Waals surface area (Å²) in [6.45, 7) is -0.0520. The molecule has 1 N–H and O–H groups in total. The van der Waals surface area contributed by atoms with Crippen LogP contribution in [0.1, 0.15) is 5.56 Å². The second-order valence-corrected chi connectivity index (χ2v) is 3.74. The third kappa shape index (κ3) is 2.69. The van der Waals surface area contributed by atoms with Crippen LogP contribution in [0.15, 0.2) is 42.5 Å². The molecule has 0 aromatic heterocycles. The van der Waals surface area contributed by atoms with E-state index in [0.29, 0.717) is 0 Å². The van der Waals surface area contributed by atoms with E-state index < -0.39 is 0 Å². The molecule has 85 valence electrons. The Morgan fingerprint density at radius 1 is 1.12 bits per heavy atom. The minimum Gasteiger partial charge on any atom is -0.348 e. The van der Waals surface area contributed by atoms with Gasteiger partial charge in [0.05, 0.1) is 13.0 Å². The molecule has 0 bridgehead atoms. The van der Waals surface area contributed by atoms with E-state index in [9.17, 15) is 9.59 Å². The zero-order chi connectivity index (χ0) is 12.1. The summed E-state index contributed by atoms with van der Waals surface area (Å²) < 4.78 is 0. The zero-order valence-corrected chi connectivity index (χ0v) is 9.27. The van der Waals surface area contributed by atoms with Gasteiger partial charge in [0.15, 0.2) is 0 Å². The maximum Gasteiger partial charge on any atom is 0.224 e. The SMILES string of the molecule is O=[C]CNC(=O)Cc1cccc2ccccc12. The van der Waals surface area contributed by atoms with Crippen LogP contribution in [-0.4, -0.2) is 18.7 Å². The van der Waals surface area contributed by atoms with Crippen molar-refractivity contribution in [3.63, 3.8) is 0 Å². The maximum atomic E-state index is 11.5. The van der Waals surface area contributed by atoms with E-state index in [-0.39, 0.29) is 18.9 Å². The van der Waals surface area contributed by atoms with Gasteiger partial charge in [-0.15, -0.1) is 0 Å². The summed E-state index contributed by atoms with van der Waals surface area (Å²) in [5, 5.41) is 4.66. The molecule has 2 aromatic carbocycles. The number of amides is 1. The molecule has 3 nitrogen and oxygen atoms in total. The number of benzene rings is 2. The molecule has 0 atom stereocenters. The first-order chi connectivity index (χ1) is 8.31. The number of carbonyl (C=O) groups excluding carboxylic acids is 2. The normalized spacial score (nSPS) is 10.1. The van der Waals surface area contributed by atoms with Gasteiger partial charge in [-0.05, 0) is 16.3 Å². The molecular weight excluding hydrogens is 214 g/mol. The fraction of sp³-hybridized carbons (Fsp3) is 0.143. The third-order valence-corrected chi connectivity index (χ3v) is 2.59. The Hall–Kier alpha value is -2.16. The predicted molar refractivity (Wildman–Crippen MR) is 66.4 cm³/mol. The van der Waals surface area contributed by atoms with E-state index in [0.717, 1.165) is 16.3 Å². The van der Waals surface area contributed by atoms with Crippen LogP contribution in [0.5, 0.6) is 0 Å². The van der Waals surface area contributed by atoms with Gasteiger partial charge in [0.25, 0.3) is 0 Å². The standard InChI is InChI=1S/C14H12NO2/c16-9-8-15-14(17)10-12-6-3-5-11-4-1-2-7-13(11)12/h1-7H,8,10H2,(H,15,17). The Bertz CT molecular complexity index is 543. The van der Waals surface area contributed by atoms with Crippen molar-refractivity contribution in [2.75, 3.05) is 6.54 Å². The first-order valence-corrected chi connectivity index (χ1v) is 5.39. The van der Waals surface area contributed by atoms with Gasteiger partial charge in [0, 0.05) is 0 Å². The summed E-state index contributed by atoms with van der Waals surface area (Å²) >= 11 is 0. The number of carbonyl (C=O) groups is 1. The van der Waals surface area contributed by atoms with Gasteiger partial charge in [-0.3, -0.25) is 9.59 Å². The molecule has 3 heteroatoms. The van der Waals surface area contributed by atoms with Crippen molar-refractivity contribution in [2.24, 2.45) is 0 Å². The first-order valence-electron chi connectivity index (χ1n) is 5.39. The molecule has 0 heterocycles. The second-order valence-electron chi connectivity index (χ2n) is 3.74. The summed E-state index contributed by atoms with van der Waals surface area (Å²) in [6, 6.07) is 13.8. The third-order valence-electron chi connectivity index (χ3n) is 2.59. The lowest BCUT2D eigenvalue weighted by molar-refractivity contribution is -0.120. The highest BCUT2D eigenvalue weighted by molar-refractivity contribution is 5.90. The molecule has 0 aliphatic heterocycles. The average Bonchev–Trinajstić information content (AvgIpc) is 2.37. The number of hydrogen-bond donors (Lipinski definition) is 1. The van der Waals surface area contributed by atoms with Crippen LogP contribution in [-0.2, 0) is 16.0 Å². The highest BCUT2D eigenvalue weighted by atomic mass is 16.2. The van der Waals surface area contributed by atoms with Crippen LogP contribution >= 0.6 is 0 Å². The van der Waals surface area contributed by atoms with Gasteiger partial charge in [-0.25, -0.2) is 0 Å². The summed E-state index contributed by atoms with van der Waals surface area (Å²) in [5.74, 6) is -0.162. The van der Waals surface area contributed by atoms with Crippen molar-refractivity contribution in [1.82, 2.24) is 5.32 Å². The predicted octanol–water partition coefficient (Wildman–Crippen LogP) is 1.61. The highest BCUT2D eigenvalue weighted by Gasteiger charge is 2.05. The number of hydrogen-bond acceptors (Lipinski definition) is 2. The van der Waals surface area contributed by atoms with Crippen molar-refractivity contribution in [3.8, 4) is 0 Å². The van der Waals surface area contributed by atoms with Gasteiger partial charge >= 0.3 is 0 Å². The molecule has 0 saturated heterocycles. The van der Waals surface area contributed by atoms with E-state index in [4.69, 9.17) is 0 Å². The minimum atomic E-state index is -0.162. The monoisotopic (exact) mass is 226 g/mol. The van der Waals surface area contributed by atoms with Crippen LogP contribution in [0.3, 0.4) is 0 Å². The number of nitrogens with one attached hydrogen (secondary N) is 1. The van der Waals surface area contributed by atoms with E-state index in [1.807, 2.05) is 42.5 Å². The summed E-state index contributed by atoms with van der Waals surface area (Å²) in [4.78, 5) is 21.6. The molecule has 0 saturated carbocycles. The summed E-state index contributed by atoms with van der Waals surface area (Å²) in [5.41, 5.74) is 0.964.